The van der Waals surface area contributed by atoms with Crippen molar-refractivity contribution in [2.75, 3.05) is 6.61 Å². The van der Waals surface area contributed by atoms with E-state index in [-0.39, 0.29) is 12.4 Å². The lowest BCUT2D eigenvalue weighted by Crippen LogP contribution is -2.30. The Balaban J connectivity index is 2.27. The molecule has 0 saturated carbocycles. The molecule has 1 amide bonds. The van der Waals surface area contributed by atoms with Gasteiger partial charge in [0.1, 0.15) is 10.7 Å². The lowest BCUT2D eigenvalue weighted by atomic mass is 10.1. The number of rotatable bonds is 7. The first-order valence-corrected chi connectivity index (χ1v) is 7.79. The van der Waals surface area contributed by atoms with Gasteiger partial charge in [0.25, 0.3) is 5.91 Å². The van der Waals surface area contributed by atoms with Crippen LogP contribution < -0.4 is 11.3 Å². The lowest BCUT2D eigenvalue weighted by Gasteiger charge is -2.06. The lowest BCUT2D eigenvalue weighted by molar-refractivity contribution is 0.0944. The SMILES string of the molecule is CCCCCOCc1c(C(=O)NN)sc2cccc(F)c12. The minimum atomic E-state index is -0.414. The highest BCUT2D eigenvalue weighted by atomic mass is 32.1. The summed E-state index contributed by atoms with van der Waals surface area (Å²) in [5.41, 5.74) is 2.68. The molecule has 0 aliphatic carbocycles. The van der Waals surface area contributed by atoms with E-state index in [1.165, 1.54) is 17.4 Å². The molecule has 1 heterocycles. The number of thiophene rings is 1. The van der Waals surface area contributed by atoms with E-state index in [1.807, 2.05) is 0 Å². The normalized spacial score (nSPS) is 11.0. The first-order valence-electron chi connectivity index (χ1n) is 6.97. The van der Waals surface area contributed by atoms with Crippen LogP contribution in [0.15, 0.2) is 18.2 Å². The standard InChI is InChI=1S/C15H19FN2O2S/c1-2-3-4-8-20-9-10-13-11(16)6-5-7-12(13)21-14(10)15(19)18-17/h5-7H,2-4,8-9,17H2,1H3,(H,18,19). The number of carbonyl (C=O) groups excluding carboxylic acids is 1. The van der Waals surface area contributed by atoms with E-state index >= 15 is 0 Å². The molecular weight excluding hydrogens is 291 g/mol. The zero-order valence-electron chi connectivity index (χ0n) is 11.9. The molecule has 0 aliphatic rings. The van der Waals surface area contributed by atoms with Crippen molar-refractivity contribution in [3.05, 3.63) is 34.5 Å². The number of ether oxygens (including phenoxy) is 1. The zero-order chi connectivity index (χ0) is 15.2. The van der Waals surface area contributed by atoms with Crippen LogP contribution in [0.25, 0.3) is 10.1 Å². The third-order valence-corrected chi connectivity index (χ3v) is 4.44. The van der Waals surface area contributed by atoms with Gasteiger partial charge in [-0.3, -0.25) is 10.2 Å². The van der Waals surface area contributed by atoms with Gasteiger partial charge < -0.3 is 4.74 Å². The van der Waals surface area contributed by atoms with Crippen LogP contribution in [0, 0.1) is 5.82 Å². The van der Waals surface area contributed by atoms with Crippen LogP contribution in [0.4, 0.5) is 4.39 Å². The zero-order valence-corrected chi connectivity index (χ0v) is 12.8. The number of unbranched alkanes of at least 4 members (excludes halogenated alkanes) is 2. The summed E-state index contributed by atoms with van der Waals surface area (Å²) in [5, 5.41) is 0.455. The Bertz CT molecular complexity index is 627. The van der Waals surface area contributed by atoms with Gasteiger partial charge in [0.2, 0.25) is 0 Å². The van der Waals surface area contributed by atoms with Crippen molar-refractivity contribution in [2.45, 2.75) is 32.8 Å². The Hall–Kier alpha value is -1.50. The van der Waals surface area contributed by atoms with E-state index in [2.05, 4.69) is 12.3 Å². The van der Waals surface area contributed by atoms with Crippen molar-refractivity contribution in [1.29, 1.82) is 0 Å². The molecule has 0 unspecified atom stereocenters. The molecule has 6 heteroatoms. The van der Waals surface area contributed by atoms with Gasteiger partial charge >= 0.3 is 0 Å². The highest BCUT2D eigenvalue weighted by Crippen LogP contribution is 2.33. The summed E-state index contributed by atoms with van der Waals surface area (Å²) in [6.07, 6.45) is 3.16. The quantitative estimate of drug-likeness (QED) is 0.357. The maximum atomic E-state index is 14.0. The summed E-state index contributed by atoms with van der Waals surface area (Å²) in [4.78, 5) is 12.3. The first-order chi connectivity index (χ1) is 10.2. The van der Waals surface area contributed by atoms with Crippen LogP contribution in [0.2, 0.25) is 0 Å². The number of nitrogen functional groups attached to an aromatic ring is 1. The number of halogens is 1. The Morgan fingerprint density at radius 3 is 2.95 bits per heavy atom. The number of amides is 1. The molecule has 114 valence electrons. The average molecular weight is 310 g/mol. The number of benzene rings is 1. The van der Waals surface area contributed by atoms with Gasteiger partial charge in [0.05, 0.1) is 6.61 Å². The van der Waals surface area contributed by atoms with Crippen LogP contribution in [0.5, 0.6) is 0 Å². The monoisotopic (exact) mass is 310 g/mol. The number of hydrogen-bond acceptors (Lipinski definition) is 4. The summed E-state index contributed by atoms with van der Waals surface area (Å²) in [6, 6.07) is 4.81. The molecule has 0 bridgehead atoms. The van der Waals surface area contributed by atoms with Crippen molar-refractivity contribution < 1.29 is 13.9 Å². The topological polar surface area (TPSA) is 64.3 Å². The number of nitrogens with two attached hydrogens (primary N) is 1. The summed E-state index contributed by atoms with van der Waals surface area (Å²) >= 11 is 1.23. The van der Waals surface area contributed by atoms with Gasteiger partial charge in [-0.25, -0.2) is 10.2 Å². The molecule has 3 N–H and O–H groups in total. The molecule has 4 nitrogen and oxygen atoms in total. The highest BCUT2D eigenvalue weighted by molar-refractivity contribution is 7.21. The third kappa shape index (κ3) is 3.58. The fourth-order valence-corrected chi connectivity index (χ4v) is 3.31. The number of fused-ring (bicyclic) bond motifs is 1. The molecule has 2 rings (SSSR count). The van der Waals surface area contributed by atoms with Crippen molar-refractivity contribution in [2.24, 2.45) is 5.84 Å². The average Bonchev–Trinajstić information content (AvgIpc) is 2.86. The van der Waals surface area contributed by atoms with E-state index < -0.39 is 5.91 Å². The van der Waals surface area contributed by atoms with Crippen LogP contribution in [-0.2, 0) is 11.3 Å². The van der Waals surface area contributed by atoms with Gasteiger partial charge in [0, 0.05) is 22.3 Å². The van der Waals surface area contributed by atoms with Crippen molar-refractivity contribution in [3.63, 3.8) is 0 Å². The van der Waals surface area contributed by atoms with Gasteiger partial charge in [-0.2, -0.15) is 0 Å². The van der Waals surface area contributed by atoms with E-state index in [0.717, 1.165) is 24.0 Å². The predicted molar refractivity (Wildman–Crippen MR) is 82.6 cm³/mol. The number of carbonyl (C=O) groups is 1. The predicted octanol–water partition coefficient (Wildman–Crippen LogP) is 3.35. The molecule has 1 aromatic heterocycles. The van der Waals surface area contributed by atoms with Crippen LogP contribution in [0.3, 0.4) is 0 Å². The minimum Gasteiger partial charge on any atom is -0.377 e. The molecule has 2 aromatic rings. The maximum absolute atomic E-state index is 14.0. The Morgan fingerprint density at radius 2 is 2.24 bits per heavy atom. The van der Waals surface area contributed by atoms with Crippen LogP contribution in [-0.4, -0.2) is 12.5 Å². The fourth-order valence-electron chi connectivity index (χ4n) is 2.18. The second-order valence-electron chi connectivity index (χ2n) is 4.76. The molecule has 0 aliphatic heterocycles. The Morgan fingerprint density at radius 1 is 1.43 bits per heavy atom. The van der Waals surface area contributed by atoms with Gasteiger partial charge in [-0.15, -0.1) is 11.3 Å². The van der Waals surface area contributed by atoms with Gasteiger partial charge in [0.15, 0.2) is 0 Å². The minimum absolute atomic E-state index is 0.216. The van der Waals surface area contributed by atoms with E-state index in [9.17, 15) is 9.18 Å². The largest absolute Gasteiger partial charge is 0.377 e. The maximum Gasteiger partial charge on any atom is 0.275 e. The highest BCUT2D eigenvalue weighted by Gasteiger charge is 2.20. The van der Waals surface area contributed by atoms with Crippen LogP contribution in [0.1, 0.15) is 41.4 Å². The molecule has 0 radical (unpaired) electrons. The number of hydrogen-bond donors (Lipinski definition) is 2. The molecule has 0 atom stereocenters. The smallest absolute Gasteiger partial charge is 0.275 e. The van der Waals surface area contributed by atoms with Gasteiger partial charge in [-0.1, -0.05) is 25.8 Å². The molecule has 1 aromatic carbocycles. The third-order valence-electron chi connectivity index (χ3n) is 3.24. The van der Waals surface area contributed by atoms with Crippen LogP contribution >= 0.6 is 11.3 Å². The Labute approximate surface area is 127 Å². The van der Waals surface area contributed by atoms with E-state index in [1.54, 1.807) is 12.1 Å². The fraction of sp³-hybridized carbons (Fsp3) is 0.400. The van der Waals surface area contributed by atoms with E-state index in [0.29, 0.717) is 22.4 Å². The summed E-state index contributed by atoms with van der Waals surface area (Å²) in [7, 11) is 0. The second-order valence-corrected chi connectivity index (χ2v) is 5.81. The van der Waals surface area contributed by atoms with Crippen molar-refractivity contribution in [1.82, 2.24) is 5.43 Å². The molecule has 0 fully saturated rings. The summed E-state index contributed by atoms with van der Waals surface area (Å²) < 4.78 is 20.4. The summed E-state index contributed by atoms with van der Waals surface area (Å²) in [6.45, 7) is 2.93. The number of hydrazine groups is 1. The second kappa shape index (κ2) is 7.49. The van der Waals surface area contributed by atoms with Crippen molar-refractivity contribution in [3.8, 4) is 0 Å². The first kappa shape index (κ1) is 15.9. The Kier molecular flexibility index (Phi) is 5.67. The van der Waals surface area contributed by atoms with Crippen molar-refractivity contribution >= 4 is 27.3 Å². The number of nitrogens with one attached hydrogen (secondary N) is 1. The molecular formula is C15H19FN2O2S. The van der Waals surface area contributed by atoms with Gasteiger partial charge in [-0.05, 0) is 18.6 Å². The summed E-state index contributed by atoms with van der Waals surface area (Å²) in [5.74, 6) is 4.44. The van der Waals surface area contributed by atoms with E-state index in [4.69, 9.17) is 10.6 Å². The molecule has 21 heavy (non-hydrogen) atoms. The molecule has 0 saturated heterocycles. The molecule has 0 spiro atoms.